The van der Waals surface area contributed by atoms with Crippen LogP contribution >= 0.6 is 0 Å². The molecule has 6 heteroatoms. The van der Waals surface area contributed by atoms with Crippen molar-refractivity contribution in [1.82, 2.24) is 15.3 Å². The van der Waals surface area contributed by atoms with Crippen molar-refractivity contribution in [3.63, 3.8) is 0 Å². The highest BCUT2D eigenvalue weighted by molar-refractivity contribution is 5.68. The lowest BCUT2D eigenvalue weighted by molar-refractivity contribution is 0.0489. The van der Waals surface area contributed by atoms with Crippen LogP contribution in [-0.4, -0.2) is 40.8 Å². The molecule has 1 aliphatic heterocycles. The maximum atomic E-state index is 12.0. The van der Waals surface area contributed by atoms with E-state index in [0.717, 1.165) is 43.3 Å². The van der Waals surface area contributed by atoms with Gasteiger partial charge in [0.1, 0.15) is 5.60 Å². The average Bonchev–Trinajstić information content (AvgIpc) is 2.44. The molecule has 1 saturated heterocycles. The zero-order valence-corrected chi connectivity index (χ0v) is 15.7. The summed E-state index contributed by atoms with van der Waals surface area (Å²) in [5.74, 6) is 1.15. The Hall–Kier alpha value is -1.85. The molecule has 134 valence electrons. The molecule has 1 N–H and O–H groups in total. The number of carbonyl (C=O) groups is 1. The van der Waals surface area contributed by atoms with Crippen molar-refractivity contribution in [2.45, 2.75) is 66.0 Å². The van der Waals surface area contributed by atoms with E-state index < -0.39 is 5.60 Å². The fraction of sp³-hybridized carbons (Fsp3) is 0.722. The molecule has 2 rings (SSSR count). The van der Waals surface area contributed by atoms with Crippen molar-refractivity contribution in [1.29, 1.82) is 0 Å². The first kappa shape index (κ1) is 18.5. The highest BCUT2D eigenvalue weighted by Gasteiger charge is 2.28. The quantitative estimate of drug-likeness (QED) is 0.919. The number of aromatic nitrogens is 2. The molecule has 2 heterocycles. The lowest BCUT2D eigenvalue weighted by Gasteiger charge is -2.36. The van der Waals surface area contributed by atoms with Gasteiger partial charge in [0.2, 0.25) is 5.95 Å². The van der Waals surface area contributed by atoms with Crippen LogP contribution < -0.4 is 10.2 Å². The van der Waals surface area contributed by atoms with Gasteiger partial charge in [-0.1, -0.05) is 0 Å². The summed E-state index contributed by atoms with van der Waals surface area (Å²) in [7, 11) is 0. The number of aryl methyl sites for hydroxylation is 2. The van der Waals surface area contributed by atoms with E-state index in [2.05, 4.69) is 20.2 Å². The molecule has 1 fully saturated rings. The first-order chi connectivity index (χ1) is 11.1. The van der Waals surface area contributed by atoms with Crippen LogP contribution in [0.5, 0.6) is 0 Å². The Morgan fingerprint density at radius 1 is 1.33 bits per heavy atom. The van der Waals surface area contributed by atoms with Crippen molar-refractivity contribution in [2.24, 2.45) is 5.92 Å². The lowest BCUT2D eigenvalue weighted by atomic mass is 9.92. The van der Waals surface area contributed by atoms with Crippen molar-refractivity contribution in [2.75, 3.05) is 18.0 Å². The van der Waals surface area contributed by atoms with Crippen molar-refractivity contribution in [3.05, 3.63) is 17.5 Å². The molecule has 1 aromatic rings. The summed E-state index contributed by atoms with van der Waals surface area (Å²) >= 11 is 0. The Bertz CT molecular complexity index is 563. The lowest BCUT2D eigenvalue weighted by Crippen LogP contribution is -2.47. The number of nitrogens with one attached hydrogen (secondary N) is 1. The van der Waals surface area contributed by atoms with Crippen LogP contribution in [0.15, 0.2) is 6.07 Å². The summed E-state index contributed by atoms with van der Waals surface area (Å²) in [6.07, 6.45) is 1.80. The number of ether oxygens (including phenoxy) is 1. The van der Waals surface area contributed by atoms with E-state index in [9.17, 15) is 4.79 Å². The Labute approximate surface area is 145 Å². The summed E-state index contributed by atoms with van der Waals surface area (Å²) < 4.78 is 5.35. The number of carbonyl (C=O) groups excluding carboxylic acids is 1. The molecule has 0 spiro atoms. The molecule has 1 amide bonds. The number of anilines is 1. The zero-order valence-electron chi connectivity index (χ0n) is 15.7. The molecular weight excluding hydrogens is 304 g/mol. The monoisotopic (exact) mass is 334 g/mol. The summed E-state index contributed by atoms with van der Waals surface area (Å²) in [6, 6.07) is 2.03. The third-order valence-electron chi connectivity index (χ3n) is 4.16. The van der Waals surface area contributed by atoms with E-state index in [4.69, 9.17) is 4.74 Å². The topological polar surface area (TPSA) is 67.4 Å². The van der Waals surface area contributed by atoms with Crippen molar-refractivity contribution < 1.29 is 9.53 Å². The Morgan fingerprint density at radius 3 is 2.54 bits per heavy atom. The highest BCUT2D eigenvalue weighted by atomic mass is 16.6. The number of nitrogens with zero attached hydrogens (tertiary/aromatic N) is 3. The van der Waals surface area contributed by atoms with E-state index >= 15 is 0 Å². The van der Waals surface area contributed by atoms with Gasteiger partial charge in [0.15, 0.2) is 0 Å². The van der Waals surface area contributed by atoms with E-state index in [1.165, 1.54) is 0 Å². The van der Waals surface area contributed by atoms with E-state index in [1.807, 2.05) is 47.6 Å². The minimum Gasteiger partial charge on any atom is -0.444 e. The third kappa shape index (κ3) is 5.35. The summed E-state index contributed by atoms with van der Waals surface area (Å²) in [5, 5.41) is 2.97. The second kappa shape index (κ2) is 7.36. The summed E-state index contributed by atoms with van der Waals surface area (Å²) in [5.41, 5.74) is 1.49. The second-order valence-corrected chi connectivity index (χ2v) is 7.73. The molecular formula is C18H30N4O2. The molecule has 0 aromatic carbocycles. The van der Waals surface area contributed by atoms with Gasteiger partial charge in [-0.05, 0) is 66.4 Å². The van der Waals surface area contributed by atoms with Gasteiger partial charge in [-0.25, -0.2) is 14.8 Å². The fourth-order valence-electron chi connectivity index (χ4n) is 3.06. The van der Waals surface area contributed by atoms with Gasteiger partial charge in [0.05, 0.1) is 0 Å². The highest BCUT2D eigenvalue weighted by Crippen LogP contribution is 2.23. The van der Waals surface area contributed by atoms with Gasteiger partial charge in [-0.2, -0.15) is 0 Å². The van der Waals surface area contributed by atoms with Gasteiger partial charge in [-0.3, -0.25) is 0 Å². The molecule has 0 aliphatic carbocycles. The van der Waals surface area contributed by atoms with Crippen LogP contribution in [0.2, 0.25) is 0 Å². The molecule has 0 saturated carbocycles. The Kier molecular flexibility index (Phi) is 5.67. The molecule has 0 unspecified atom stereocenters. The maximum absolute atomic E-state index is 12.0. The average molecular weight is 334 g/mol. The number of alkyl carbamates (subject to hydrolysis) is 1. The van der Waals surface area contributed by atoms with Crippen LogP contribution in [0.3, 0.4) is 0 Å². The molecule has 6 nitrogen and oxygen atoms in total. The maximum Gasteiger partial charge on any atom is 0.407 e. The predicted molar refractivity (Wildman–Crippen MR) is 95.3 cm³/mol. The molecule has 1 aliphatic rings. The SMILES string of the molecule is Cc1cc(C)nc(N2CCC[C@@H]([C@@H](C)NC(=O)OC(C)(C)C)C2)n1. The molecule has 0 bridgehead atoms. The summed E-state index contributed by atoms with van der Waals surface area (Å²) in [4.78, 5) is 23.3. The molecule has 2 atom stereocenters. The van der Waals surface area contributed by atoms with Gasteiger partial charge < -0.3 is 15.0 Å². The van der Waals surface area contributed by atoms with Crippen LogP contribution in [-0.2, 0) is 4.74 Å². The fourth-order valence-corrected chi connectivity index (χ4v) is 3.06. The number of hydrogen-bond donors (Lipinski definition) is 1. The Balaban J connectivity index is 1.98. The second-order valence-electron chi connectivity index (χ2n) is 7.73. The van der Waals surface area contributed by atoms with Crippen LogP contribution in [0.4, 0.5) is 10.7 Å². The standard InChI is InChI=1S/C18H30N4O2/c1-12-10-13(2)20-16(19-12)22-9-7-8-15(11-22)14(3)21-17(23)24-18(4,5)6/h10,14-15H,7-9,11H2,1-6H3,(H,21,23)/t14-,15-/m1/s1. The first-order valence-electron chi connectivity index (χ1n) is 8.71. The first-order valence-corrected chi connectivity index (χ1v) is 8.71. The molecule has 24 heavy (non-hydrogen) atoms. The van der Waals surface area contributed by atoms with Crippen LogP contribution in [0, 0.1) is 19.8 Å². The predicted octanol–water partition coefficient (Wildman–Crippen LogP) is 3.22. The van der Waals surface area contributed by atoms with Crippen molar-refractivity contribution in [3.8, 4) is 0 Å². The number of piperidine rings is 1. The minimum absolute atomic E-state index is 0.0496. The van der Waals surface area contributed by atoms with E-state index in [1.54, 1.807) is 0 Å². The normalized spacial score (nSPS) is 19.8. The van der Waals surface area contributed by atoms with Gasteiger partial charge in [0, 0.05) is 30.5 Å². The van der Waals surface area contributed by atoms with Crippen molar-refractivity contribution >= 4 is 12.0 Å². The summed E-state index contributed by atoms with van der Waals surface area (Å²) in [6.45, 7) is 13.4. The molecule has 0 radical (unpaired) electrons. The molecule has 1 aromatic heterocycles. The third-order valence-corrected chi connectivity index (χ3v) is 4.16. The van der Waals surface area contributed by atoms with Gasteiger partial charge in [0.25, 0.3) is 0 Å². The number of hydrogen-bond acceptors (Lipinski definition) is 5. The largest absolute Gasteiger partial charge is 0.444 e. The van der Waals surface area contributed by atoms with Gasteiger partial charge >= 0.3 is 6.09 Å². The smallest absolute Gasteiger partial charge is 0.407 e. The van der Waals surface area contributed by atoms with Crippen LogP contribution in [0.1, 0.15) is 51.9 Å². The zero-order chi connectivity index (χ0) is 17.9. The van der Waals surface area contributed by atoms with E-state index in [0.29, 0.717) is 5.92 Å². The number of amides is 1. The Morgan fingerprint density at radius 2 is 1.96 bits per heavy atom. The van der Waals surface area contributed by atoms with Crippen LogP contribution in [0.25, 0.3) is 0 Å². The van der Waals surface area contributed by atoms with Gasteiger partial charge in [-0.15, -0.1) is 0 Å². The minimum atomic E-state index is -0.477. The van der Waals surface area contributed by atoms with E-state index in [-0.39, 0.29) is 12.1 Å². The number of rotatable bonds is 3.